The number of rotatable bonds is 17. The van der Waals surface area contributed by atoms with Crippen molar-refractivity contribution in [1.82, 2.24) is 5.32 Å². The summed E-state index contributed by atoms with van der Waals surface area (Å²) in [6.45, 7) is 8.08. The molecule has 1 fully saturated rings. The SMILES string of the molecule is CCC(CC)[C@H](NC(C)=O)[C@H]1C(N=C(N)N)CC(COCOCCCOC(=O)C(C)Cc2ccc(O)c(O)c2)[C@H]1O. The van der Waals surface area contributed by atoms with Crippen molar-refractivity contribution in [3.05, 3.63) is 23.8 Å². The fraction of sp³-hybridized carbons (Fsp3) is 0.690. The number of esters is 1. The summed E-state index contributed by atoms with van der Waals surface area (Å²) in [4.78, 5) is 28.6. The molecular formula is C29H48N4O8. The first-order valence-electron chi connectivity index (χ1n) is 14.3. The first kappa shape index (κ1) is 34.1. The van der Waals surface area contributed by atoms with E-state index in [1.165, 1.54) is 19.1 Å². The summed E-state index contributed by atoms with van der Waals surface area (Å²) in [5, 5.41) is 33.3. The van der Waals surface area contributed by atoms with E-state index in [9.17, 15) is 24.9 Å². The van der Waals surface area contributed by atoms with Crippen LogP contribution in [0, 0.1) is 23.7 Å². The van der Waals surface area contributed by atoms with E-state index in [0.717, 1.165) is 18.4 Å². The lowest BCUT2D eigenvalue weighted by molar-refractivity contribution is -0.148. The van der Waals surface area contributed by atoms with Crippen LogP contribution in [0.2, 0.25) is 0 Å². The third-order valence-electron chi connectivity index (χ3n) is 7.68. The minimum absolute atomic E-state index is 0.0111. The zero-order valence-corrected chi connectivity index (χ0v) is 24.6. The number of hydrogen-bond donors (Lipinski definition) is 6. The van der Waals surface area contributed by atoms with Gasteiger partial charge in [0, 0.05) is 31.2 Å². The van der Waals surface area contributed by atoms with E-state index in [1.807, 2.05) is 0 Å². The van der Waals surface area contributed by atoms with Crippen LogP contribution in [0.4, 0.5) is 0 Å². The monoisotopic (exact) mass is 580 g/mol. The van der Waals surface area contributed by atoms with Gasteiger partial charge in [-0.15, -0.1) is 0 Å². The molecule has 2 rings (SSSR count). The number of hydrogen-bond acceptors (Lipinski definition) is 9. The molecule has 0 aromatic heterocycles. The van der Waals surface area contributed by atoms with Crippen molar-refractivity contribution in [3.8, 4) is 11.5 Å². The molecule has 1 saturated carbocycles. The molecule has 0 aliphatic heterocycles. The fourth-order valence-electron chi connectivity index (χ4n) is 5.58. The second kappa shape index (κ2) is 17.0. The number of nitrogens with one attached hydrogen (secondary N) is 1. The number of aromatic hydroxyl groups is 2. The molecule has 1 aliphatic carbocycles. The number of nitrogens with zero attached hydrogens (tertiary/aromatic N) is 1. The van der Waals surface area contributed by atoms with Crippen LogP contribution in [0.25, 0.3) is 0 Å². The van der Waals surface area contributed by atoms with E-state index >= 15 is 0 Å². The second-order valence-corrected chi connectivity index (χ2v) is 10.8. The predicted octanol–water partition coefficient (Wildman–Crippen LogP) is 1.78. The Balaban J connectivity index is 1.75. The standard InChI is InChI=1S/C29H48N4O8/c1-5-20(6-2)26(32-18(4)34)25-22(33-29(30)31)14-21(27(25)37)15-40-16-39-10-7-11-41-28(38)17(3)12-19-8-9-23(35)24(36)13-19/h8-9,13,17,20-22,25-27,35-37H,5-7,10-12,14-16H2,1-4H3,(H,32,34)(H4,30,31,33)/t17?,21?,22?,25-,26+,27-/m1/s1. The summed E-state index contributed by atoms with van der Waals surface area (Å²) in [5.74, 6) is -1.86. The van der Waals surface area contributed by atoms with Gasteiger partial charge in [0.2, 0.25) is 5.91 Å². The number of phenolic OH excluding ortho intramolecular Hbond substituents is 2. The van der Waals surface area contributed by atoms with Crippen LogP contribution in [-0.2, 0) is 30.2 Å². The summed E-state index contributed by atoms with van der Waals surface area (Å²) >= 11 is 0. The summed E-state index contributed by atoms with van der Waals surface area (Å²) in [6, 6.07) is 3.83. The van der Waals surface area contributed by atoms with E-state index < -0.39 is 12.0 Å². The Morgan fingerprint density at radius 1 is 1.12 bits per heavy atom. The molecule has 1 aromatic rings. The number of benzene rings is 1. The highest BCUT2D eigenvalue weighted by atomic mass is 16.7. The smallest absolute Gasteiger partial charge is 0.308 e. The van der Waals surface area contributed by atoms with Crippen molar-refractivity contribution < 1.29 is 39.1 Å². The Labute approximate surface area is 242 Å². The van der Waals surface area contributed by atoms with Gasteiger partial charge < -0.3 is 46.3 Å². The number of aliphatic hydroxyl groups is 1. The number of nitrogens with two attached hydrogens (primary N) is 2. The number of amides is 1. The third kappa shape index (κ3) is 10.7. The molecule has 6 atom stereocenters. The Kier molecular flexibility index (Phi) is 14.1. The normalized spacial score (nSPS) is 21.8. The van der Waals surface area contributed by atoms with Crippen LogP contribution in [0.15, 0.2) is 23.2 Å². The number of phenols is 2. The molecule has 41 heavy (non-hydrogen) atoms. The van der Waals surface area contributed by atoms with Gasteiger partial charge >= 0.3 is 5.97 Å². The van der Waals surface area contributed by atoms with Crippen LogP contribution in [0.3, 0.4) is 0 Å². The molecule has 12 heteroatoms. The van der Waals surface area contributed by atoms with Gasteiger partial charge in [-0.05, 0) is 36.5 Å². The number of ether oxygens (including phenoxy) is 3. The Hall–Kier alpha value is -3.09. The molecule has 12 nitrogen and oxygen atoms in total. The zero-order valence-electron chi connectivity index (χ0n) is 24.6. The lowest BCUT2D eigenvalue weighted by Gasteiger charge is -2.35. The highest BCUT2D eigenvalue weighted by Crippen LogP contribution is 2.39. The molecule has 1 amide bonds. The van der Waals surface area contributed by atoms with Crippen molar-refractivity contribution >= 4 is 17.8 Å². The van der Waals surface area contributed by atoms with Crippen LogP contribution >= 0.6 is 0 Å². The topological polar surface area (TPSA) is 199 Å². The van der Waals surface area contributed by atoms with Gasteiger partial charge in [-0.25, -0.2) is 4.99 Å². The molecule has 1 aromatic carbocycles. The van der Waals surface area contributed by atoms with E-state index in [0.29, 0.717) is 25.9 Å². The first-order valence-corrected chi connectivity index (χ1v) is 14.3. The fourth-order valence-corrected chi connectivity index (χ4v) is 5.58. The molecule has 0 bridgehead atoms. The molecule has 1 aliphatic rings. The van der Waals surface area contributed by atoms with Crippen molar-refractivity contribution in [2.24, 2.45) is 40.1 Å². The van der Waals surface area contributed by atoms with Gasteiger partial charge in [0.25, 0.3) is 0 Å². The maximum Gasteiger partial charge on any atom is 0.308 e. The highest BCUT2D eigenvalue weighted by Gasteiger charge is 2.48. The van der Waals surface area contributed by atoms with Gasteiger partial charge in [-0.2, -0.15) is 0 Å². The summed E-state index contributed by atoms with van der Waals surface area (Å²) < 4.78 is 16.5. The van der Waals surface area contributed by atoms with Gasteiger partial charge in [-0.1, -0.05) is 39.7 Å². The average Bonchev–Trinajstić information content (AvgIpc) is 3.20. The molecule has 0 saturated heterocycles. The Bertz CT molecular complexity index is 999. The maximum atomic E-state index is 12.2. The lowest BCUT2D eigenvalue weighted by atomic mass is 9.80. The second-order valence-electron chi connectivity index (χ2n) is 10.8. The quantitative estimate of drug-likeness (QED) is 0.0394. The van der Waals surface area contributed by atoms with Crippen molar-refractivity contribution in [3.63, 3.8) is 0 Å². The minimum atomic E-state index is -0.771. The summed E-state index contributed by atoms with van der Waals surface area (Å²) in [5.41, 5.74) is 12.1. The molecule has 0 spiro atoms. The largest absolute Gasteiger partial charge is 0.504 e. The van der Waals surface area contributed by atoms with E-state index in [1.54, 1.807) is 13.0 Å². The number of carbonyl (C=O) groups excluding carboxylic acids is 2. The number of aliphatic imine (C=N–C) groups is 1. The number of carbonyl (C=O) groups is 2. The third-order valence-corrected chi connectivity index (χ3v) is 7.68. The van der Waals surface area contributed by atoms with E-state index in [2.05, 4.69) is 24.2 Å². The molecule has 0 heterocycles. The molecule has 3 unspecified atom stereocenters. The minimum Gasteiger partial charge on any atom is -0.504 e. The molecule has 232 valence electrons. The van der Waals surface area contributed by atoms with Crippen LogP contribution in [0.1, 0.15) is 58.9 Å². The maximum absolute atomic E-state index is 12.2. The van der Waals surface area contributed by atoms with Gasteiger partial charge in [0.05, 0.1) is 37.9 Å². The van der Waals surface area contributed by atoms with E-state index in [4.69, 9.17) is 25.7 Å². The number of aliphatic hydroxyl groups excluding tert-OH is 1. The van der Waals surface area contributed by atoms with E-state index in [-0.39, 0.29) is 79.2 Å². The van der Waals surface area contributed by atoms with Crippen LogP contribution in [-0.4, -0.2) is 78.0 Å². The summed E-state index contributed by atoms with van der Waals surface area (Å²) in [6.07, 6.45) is 2.27. The summed E-state index contributed by atoms with van der Waals surface area (Å²) in [7, 11) is 0. The Morgan fingerprint density at radius 2 is 1.83 bits per heavy atom. The Morgan fingerprint density at radius 3 is 2.44 bits per heavy atom. The predicted molar refractivity (Wildman–Crippen MR) is 154 cm³/mol. The van der Waals surface area contributed by atoms with Crippen LogP contribution in [0.5, 0.6) is 11.5 Å². The van der Waals surface area contributed by atoms with Gasteiger partial charge in [-0.3, -0.25) is 9.59 Å². The van der Waals surface area contributed by atoms with Gasteiger partial charge in [0.15, 0.2) is 17.5 Å². The van der Waals surface area contributed by atoms with Crippen molar-refractivity contribution in [2.75, 3.05) is 26.6 Å². The molecular weight excluding hydrogens is 532 g/mol. The highest BCUT2D eigenvalue weighted by molar-refractivity contribution is 5.76. The molecule has 8 N–H and O–H groups in total. The zero-order chi connectivity index (χ0) is 30.5. The molecule has 0 radical (unpaired) electrons. The first-order chi connectivity index (χ1) is 19.5. The van der Waals surface area contributed by atoms with Crippen molar-refractivity contribution in [2.45, 2.75) is 78.0 Å². The van der Waals surface area contributed by atoms with Crippen molar-refractivity contribution in [1.29, 1.82) is 0 Å². The van der Waals surface area contributed by atoms with Gasteiger partial charge in [0.1, 0.15) is 6.79 Å². The lowest BCUT2D eigenvalue weighted by Crippen LogP contribution is -2.50. The van der Waals surface area contributed by atoms with Crippen LogP contribution < -0.4 is 16.8 Å². The number of guanidine groups is 1. The average molecular weight is 581 g/mol.